The lowest BCUT2D eigenvalue weighted by molar-refractivity contribution is -0.384. The fraction of sp³-hybridized carbons (Fsp3) is 0.167. The van der Waals surface area contributed by atoms with Gasteiger partial charge in [0.2, 0.25) is 0 Å². The number of nitro benzene ring substituents is 1. The average molecular weight is 450 g/mol. The van der Waals surface area contributed by atoms with Crippen LogP contribution in [0.1, 0.15) is 23.6 Å². The van der Waals surface area contributed by atoms with Crippen LogP contribution < -0.4 is 10.2 Å². The number of nitro groups is 1. The largest absolute Gasteiger partial charge is 0.489 e. The fourth-order valence-electron chi connectivity index (χ4n) is 2.66. The van der Waals surface area contributed by atoms with E-state index in [9.17, 15) is 14.9 Å². The molecule has 0 aliphatic carbocycles. The number of benzene rings is 3. The Bertz CT molecular complexity index is 1050. The number of rotatable bonds is 10. The molecule has 0 fully saturated rings. The molecule has 0 aliphatic heterocycles. The molecule has 0 heterocycles. The van der Waals surface area contributed by atoms with Crippen molar-refractivity contribution in [2.45, 2.75) is 24.5 Å². The SMILES string of the molecule is C[C@H](SCc1ccccc1)C(=O)N/N=C\c1ccc(OCc2ccc([N+](=O)[O-])cc2)cc1. The second kappa shape index (κ2) is 11.7. The Labute approximate surface area is 190 Å². The van der Waals surface area contributed by atoms with E-state index in [1.54, 1.807) is 42.2 Å². The quantitative estimate of drug-likeness (QED) is 0.269. The van der Waals surface area contributed by atoms with E-state index in [1.165, 1.54) is 17.7 Å². The van der Waals surface area contributed by atoms with Gasteiger partial charge >= 0.3 is 0 Å². The van der Waals surface area contributed by atoms with Crippen LogP contribution in [0.2, 0.25) is 0 Å². The van der Waals surface area contributed by atoms with Gasteiger partial charge in [-0.1, -0.05) is 30.3 Å². The number of hydrogen-bond donors (Lipinski definition) is 1. The summed E-state index contributed by atoms with van der Waals surface area (Å²) in [5.74, 6) is 1.28. The van der Waals surface area contributed by atoms with Crippen molar-refractivity contribution < 1.29 is 14.5 Å². The molecule has 0 aliphatic rings. The summed E-state index contributed by atoms with van der Waals surface area (Å²) in [5, 5.41) is 14.5. The molecule has 1 amide bonds. The Morgan fingerprint density at radius 3 is 2.41 bits per heavy atom. The van der Waals surface area contributed by atoms with Crippen molar-refractivity contribution in [2.24, 2.45) is 5.10 Å². The van der Waals surface area contributed by atoms with Crippen LogP contribution in [0.5, 0.6) is 5.75 Å². The third-order valence-electron chi connectivity index (χ3n) is 4.53. The number of hydrazone groups is 1. The molecule has 0 spiro atoms. The molecular formula is C24H23N3O4S. The summed E-state index contributed by atoms with van der Waals surface area (Å²) in [6, 6.07) is 23.5. The number of amides is 1. The number of ether oxygens (including phenoxy) is 1. The number of nitrogens with one attached hydrogen (secondary N) is 1. The van der Waals surface area contributed by atoms with Crippen LogP contribution in [0.15, 0.2) is 84.0 Å². The molecule has 0 aromatic heterocycles. The van der Waals surface area contributed by atoms with E-state index in [-0.39, 0.29) is 16.8 Å². The van der Waals surface area contributed by atoms with Crippen LogP contribution in [0.3, 0.4) is 0 Å². The monoisotopic (exact) mass is 449 g/mol. The molecule has 0 saturated heterocycles. The van der Waals surface area contributed by atoms with Crippen LogP contribution in [0.4, 0.5) is 5.69 Å². The minimum Gasteiger partial charge on any atom is -0.489 e. The van der Waals surface area contributed by atoms with E-state index in [2.05, 4.69) is 10.5 Å². The maximum Gasteiger partial charge on any atom is 0.269 e. The zero-order valence-electron chi connectivity index (χ0n) is 17.5. The molecule has 0 unspecified atom stereocenters. The highest BCUT2D eigenvalue weighted by Crippen LogP contribution is 2.18. The molecule has 1 N–H and O–H groups in total. The lowest BCUT2D eigenvalue weighted by atomic mass is 10.2. The highest BCUT2D eigenvalue weighted by molar-refractivity contribution is 7.99. The van der Waals surface area contributed by atoms with Gasteiger partial charge in [-0.15, -0.1) is 11.8 Å². The van der Waals surface area contributed by atoms with Crippen molar-refractivity contribution in [2.75, 3.05) is 0 Å². The molecule has 32 heavy (non-hydrogen) atoms. The van der Waals surface area contributed by atoms with E-state index in [0.717, 1.165) is 16.9 Å². The first-order valence-electron chi connectivity index (χ1n) is 9.96. The minimum absolute atomic E-state index is 0.0497. The average Bonchev–Trinajstić information content (AvgIpc) is 2.82. The van der Waals surface area contributed by atoms with E-state index in [0.29, 0.717) is 12.4 Å². The predicted octanol–water partition coefficient (Wildman–Crippen LogP) is 4.95. The van der Waals surface area contributed by atoms with Gasteiger partial charge < -0.3 is 4.74 Å². The number of nitrogens with zero attached hydrogens (tertiary/aromatic N) is 2. The van der Waals surface area contributed by atoms with Crippen molar-refractivity contribution >= 4 is 29.6 Å². The summed E-state index contributed by atoms with van der Waals surface area (Å²) in [6.07, 6.45) is 1.58. The number of thioether (sulfide) groups is 1. The second-order valence-corrected chi connectivity index (χ2v) is 8.28. The van der Waals surface area contributed by atoms with Gasteiger partial charge in [-0.25, -0.2) is 5.43 Å². The molecule has 3 aromatic rings. The number of carbonyl (C=O) groups excluding carboxylic acids is 1. The van der Waals surface area contributed by atoms with Crippen LogP contribution in [0, 0.1) is 10.1 Å². The first kappa shape index (κ1) is 23.0. The Morgan fingerprint density at radius 1 is 1.06 bits per heavy atom. The predicted molar refractivity (Wildman–Crippen MR) is 127 cm³/mol. The van der Waals surface area contributed by atoms with Crippen LogP contribution in [-0.4, -0.2) is 22.3 Å². The summed E-state index contributed by atoms with van der Waals surface area (Å²) in [5.41, 5.74) is 5.45. The van der Waals surface area contributed by atoms with Gasteiger partial charge in [-0.05, 0) is 60.0 Å². The maximum absolute atomic E-state index is 12.2. The Morgan fingerprint density at radius 2 is 1.75 bits per heavy atom. The molecular weight excluding hydrogens is 426 g/mol. The number of hydrogen-bond acceptors (Lipinski definition) is 6. The Hall–Kier alpha value is -3.65. The lowest BCUT2D eigenvalue weighted by Crippen LogP contribution is -2.26. The van der Waals surface area contributed by atoms with Gasteiger partial charge in [0, 0.05) is 17.9 Å². The normalized spacial score (nSPS) is 11.8. The van der Waals surface area contributed by atoms with Crippen LogP contribution >= 0.6 is 11.8 Å². The van der Waals surface area contributed by atoms with Crippen molar-refractivity contribution in [3.63, 3.8) is 0 Å². The highest BCUT2D eigenvalue weighted by Gasteiger charge is 2.12. The molecule has 3 aromatic carbocycles. The zero-order chi connectivity index (χ0) is 22.8. The van der Waals surface area contributed by atoms with E-state index in [1.807, 2.05) is 49.4 Å². The van der Waals surface area contributed by atoms with Gasteiger partial charge in [-0.3, -0.25) is 14.9 Å². The lowest BCUT2D eigenvalue weighted by Gasteiger charge is -2.09. The number of carbonyl (C=O) groups is 1. The molecule has 0 radical (unpaired) electrons. The van der Waals surface area contributed by atoms with Crippen molar-refractivity contribution in [1.29, 1.82) is 0 Å². The summed E-state index contributed by atoms with van der Waals surface area (Å²) >= 11 is 1.56. The van der Waals surface area contributed by atoms with Crippen LogP contribution in [0.25, 0.3) is 0 Å². The van der Waals surface area contributed by atoms with Crippen LogP contribution in [-0.2, 0) is 17.2 Å². The summed E-state index contributed by atoms with van der Waals surface area (Å²) in [6.45, 7) is 2.16. The van der Waals surface area contributed by atoms with E-state index in [4.69, 9.17) is 4.74 Å². The van der Waals surface area contributed by atoms with Crippen molar-refractivity contribution in [3.05, 3.63) is 106 Å². The smallest absolute Gasteiger partial charge is 0.269 e. The molecule has 3 rings (SSSR count). The third kappa shape index (κ3) is 7.24. The Kier molecular flexibility index (Phi) is 8.39. The number of non-ortho nitro benzene ring substituents is 1. The van der Waals surface area contributed by atoms with Gasteiger partial charge in [0.25, 0.3) is 11.6 Å². The van der Waals surface area contributed by atoms with E-state index < -0.39 is 4.92 Å². The van der Waals surface area contributed by atoms with Gasteiger partial charge in [0.15, 0.2) is 0 Å². The standard InChI is InChI=1S/C24H23N3O4S/c1-18(32-17-21-5-3-2-4-6-21)24(28)26-25-15-19-9-13-23(14-10-19)31-16-20-7-11-22(12-8-20)27(29)30/h2-15,18H,16-17H2,1H3,(H,26,28)/b25-15-/t18-/m0/s1. The Balaban J connectivity index is 1.42. The van der Waals surface area contributed by atoms with Crippen molar-refractivity contribution in [1.82, 2.24) is 5.43 Å². The van der Waals surface area contributed by atoms with Gasteiger partial charge in [0.05, 0.1) is 16.4 Å². The zero-order valence-corrected chi connectivity index (χ0v) is 18.3. The van der Waals surface area contributed by atoms with Crippen molar-refractivity contribution in [3.8, 4) is 5.75 Å². The van der Waals surface area contributed by atoms with Gasteiger partial charge in [0.1, 0.15) is 12.4 Å². The third-order valence-corrected chi connectivity index (χ3v) is 5.75. The molecule has 0 saturated carbocycles. The second-order valence-electron chi connectivity index (χ2n) is 6.95. The van der Waals surface area contributed by atoms with E-state index >= 15 is 0 Å². The fourth-order valence-corrected chi connectivity index (χ4v) is 3.50. The molecule has 164 valence electrons. The molecule has 8 heteroatoms. The maximum atomic E-state index is 12.2. The van der Waals surface area contributed by atoms with Gasteiger partial charge in [-0.2, -0.15) is 5.10 Å². The highest BCUT2D eigenvalue weighted by atomic mass is 32.2. The molecule has 7 nitrogen and oxygen atoms in total. The molecule has 0 bridgehead atoms. The summed E-state index contributed by atoms with van der Waals surface area (Å²) in [7, 11) is 0. The first-order chi connectivity index (χ1) is 15.5. The summed E-state index contributed by atoms with van der Waals surface area (Å²) in [4.78, 5) is 22.4. The minimum atomic E-state index is -0.433. The summed E-state index contributed by atoms with van der Waals surface area (Å²) < 4.78 is 5.70. The first-order valence-corrected chi connectivity index (χ1v) is 11.0. The topological polar surface area (TPSA) is 93.8 Å². The molecule has 1 atom stereocenters.